The van der Waals surface area contributed by atoms with E-state index in [4.69, 9.17) is 4.74 Å². The molecule has 0 N–H and O–H groups in total. The molecule has 4 heteroatoms. The van der Waals surface area contributed by atoms with Gasteiger partial charge in [0, 0.05) is 32.2 Å². The first-order valence-corrected chi connectivity index (χ1v) is 6.16. The van der Waals surface area contributed by atoms with Crippen molar-refractivity contribution in [1.29, 1.82) is 0 Å². The minimum Gasteiger partial charge on any atom is -0.449 e. The van der Waals surface area contributed by atoms with Crippen LogP contribution in [0.25, 0.3) is 0 Å². The van der Waals surface area contributed by atoms with Crippen LogP contribution in [0.5, 0.6) is 0 Å². The second-order valence-corrected chi connectivity index (χ2v) is 5.09. The molecule has 1 saturated heterocycles. The number of ether oxygens (including phenoxy) is 1. The second-order valence-electron chi connectivity index (χ2n) is 5.09. The van der Waals surface area contributed by atoms with Gasteiger partial charge in [0.2, 0.25) is 0 Å². The second kappa shape index (κ2) is 6.09. The molecule has 0 aromatic heterocycles. The highest BCUT2D eigenvalue weighted by Crippen LogP contribution is 2.07. The molecule has 0 bridgehead atoms. The third-order valence-electron chi connectivity index (χ3n) is 2.84. The van der Waals surface area contributed by atoms with E-state index < -0.39 is 0 Å². The summed E-state index contributed by atoms with van der Waals surface area (Å²) in [6, 6.07) is 0.564. The summed E-state index contributed by atoms with van der Waals surface area (Å²) in [5.74, 6) is 0.404. The number of carbonyl (C=O) groups excluding carboxylic acids is 1. The molecular formula is C12H24N2O2. The Labute approximate surface area is 98.5 Å². The lowest BCUT2D eigenvalue weighted by Gasteiger charge is -2.36. The Hall–Kier alpha value is -0.770. The van der Waals surface area contributed by atoms with Crippen molar-refractivity contribution >= 4 is 6.09 Å². The van der Waals surface area contributed by atoms with Crippen molar-refractivity contribution in [2.24, 2.45) is 5.92 Å². The lowest BCUT2D eigenvalue weighted by molar-refractivity contribution is 0.0621. The average molecular weight is 228 g/mol. The van der Waals surface area contributed by atoms with Gasteiger partial charge in [0.05, 0.1) is 6.61 Å². The van der Waals surface area contributed by atoms with E-state index >= 15 is 0 Å². The van der Waals surface area contributed by atoms with Crippen molar-refractivity contribution in [3.8, 4) is 0 Å². The molecular weight excluding hydrogens is 204 g/mol. The van der Waals surface area contributed by atoms with Crippen molar-refractivity contribution in [3.63, 3.8) is 0 Å². The van der Waals surface area contributed by atoms with Gasteiger partial charge in [-0.1, -0.05) is 13.8 Å². The van der Waals surface area contributed by atoms with Gasteiger partial charge in [0.25, 0.3) is 0 Å². The highest BCUT2D eigenvalue weighted by atomic mass is 16.6. The number of hydrogen-bond acceptors (Lipinski definition) is 3. The summed E-state index contributed by atoms with van der Waals surface area (Å²) in [6.45, 7) is 12.5. The van der Waals surface area contributed by atoms with Gasteiger partial charge in [-0.05, 0) is 19.8 Å². The topological polar surface area (TPSA) is 32.8 Å². The smallest absolute Gasteiger partial charge is 0.409 e. The van der Waals surface area contributed by atoms with E-state index in [0.29, 0.717) is 18.6 Å². The average Bonchev–Trinajstić information content (AvgIpc) is 2.26. The van der Waals surface area contributed by atoms with Crippen LogP contribution in [-0.2, 0) is 4.74 Å². The van der Waals surface area contributed by atoms with E-state index in [0.717, 1.165) is 26.2 Å². The van der Waals surface area contributed by atoms with E-state index in [2.05, 4.69) is 18.7 Å². The van der Waals surface area contributed by atoms with Crippen LogP contribution < -0.4 is 0 Å². The molecule has 94 valence electrons. The molecule has 0 aromatic rings. The van der Waals surface area contributed by atoms with E-state index in [1.165, 1.54) is 0 Å². The van der Waals surface area contributed by atoms with Crippen LogP contribution in [0.15, 0.2) is 0 Å². The Morgan fingerprint density at radius 3 is 2.12 bits per heavy atom. The van der Waals surface area contributed by atoms with Crippen LogP contribution in [-0.4, -0.2) is 54.7 Å². The fourth-order valence-corrected chi connectivity index (χ4v) is 1.75. The minimum absolute atomic E-state index is 0.155. The third-order valence-corrected chi connectivity index (χ3v) is 2.84. The third kappa shape index (κ3) is 4.00. The van der Waals surface area contributed by atoms with E-state index in [1.807, 2.05) is 13.8 Å². The Balaban J connectivity index is 2.27. The maximum Gasteiger partial charge on any atom is 0.409 e. The molecule has 1 aliphatic heterocycles. The van der Waals surface area contributed by atoms with Gasteiger partial charge in [-0.15, -0.1) is 0 Å². The monoisotopic (exact) mass is 228 g/mol. The summed E-state index contributed by atoms with van der Waals surface area (Å²) < 4.78 is 5.21. The number of hydrogen-bond donors (Lipinski definition) is 0. The fourth-order valence-electron chi connectivity index (χ4n) is 1.75. The summed E-state index contributed by atoms with van der Waals surface area (Å²) in [4.78, 5) is 15.9. The first kappa shape index (κ1) is 13.3. The molecule has 0 aliphatic carbocycles. The van der Waals surface area contributed by atoms with Crippen LogP contribution in [0.4, 0.5) is 4.79 Å². The molecule has 0 saturated carbocycles. The fraction of sp³-hybridized carbons (Fsp3) is 0.917. The molecule has 0 atom stereocenters. The van der Waals surface area contributed by atoms with Gasteiger partial charge in [0.15, 0.2) is 0 Å². The zero-order valence-electron chi connectivity index (χ0n) is 10.9. The van der Waals surface area contributed by atoms with E-state index in [-0.39, 0.29) is 6.09 Å². The molecule has 0 spiro atoms. The predicted octanol–water partition coefficient (Wildman–Crippen LogP) is 1.80. The van der Waals surface area contributed by atoms with Gasteiger partial charge >= 0.3 is 6.09 Å². The van der Waals surface area contributed by atoms with Gasteiger partial charge in [0.1, 0.15) is 0 Å². The highest BCUT2D eigenvalue weighted by Gasteiger charge is 2.23. The molecule has 4 nitrogen and oxygen atoms in total. The SMILES string of the molecule is CC(C)COC(=O)N1CCN(C(C)C)CC1. The Morgan fingerprint density at radius 2 is 1.69 bits per heavy atom. The van der Waals surface area contributed by atoms with E-state index in [9.17, 15) is 4.79 Å². The summed E-state index contributed by atoms with van der Waals surface area (Å²) in [5, 5.41) is 0. The van der Waals surface area contributed by atoms with Crippen LogP contribution in [0.1, 0.15) is 27.7 Å². The first-order valence-electron chi connectivity index (χ1n) is 6.16. The molecule has 0 radical (unpaired) electrons. The summed E-state index contributed by atoms with van der Waals surface area (Å²) >= 11 is 0. The lowest BCUT2D eigenvalue weighted by Crippen LogP contribution is -2.50. The summed E-state index contributed by atoms with van der Waals surface area (Å²) in [5.41, 5.74) is 0. The minimum atomic E-state index is -0.155. The van der Waals surface area contributed by atoms with Gasteiger partial charge in [-0.2, -0.15) is 0 Å². The normalized spacial score (nSPS) is 18.2. The van der Waals surface area contributed by atoms with Gasteiger partial charge in [-0.25, -0.2) is 4.79 Å². The summed E-state index contributed by atoms with van der Waals surface area (Å²) in [7, 11) is 0. The zero-order valence-corrected chi connectivity index (χ0v) is 10.9. The molecule has 1 heterocycles. The maximum absolute atomic E-state index is 11.7. The molecule has 16 heavy (non-hydrogen) atoms. The van der Waals surface area contributed by atoms with Crippen LogP contribution >= 0.6 is 0 Å². The molecule has 1 amide bonds. The Morgan fingerprint density at radius 1 is 1.12 bits per heavy atom. The number of carbonyl (C=O) groups is 1. The molecule has 0 unspecified atom stereocenters. The van der Waals surface area contributed by atoms with Gasteiger partial charge < -0.3 is 9.64 Å². The van der Waals surface area contributed by atoms with Crippen molar-refractivity contribution in [3.05, 3.63) is 0 Å². The van der Waals surface area contributed by atoms with Crippen LogP contribution in [0.2, 0.25) is 0 Å². The maximum atomic E-state index is 11.7. The quantitative estimate of drug-likeness (QED) is 0.738. The number of nitrogens with zero attached hydrogens (tertiary/aromatic N) is 2. The predicted molar refractivity (Wildman–Crippen MR) is 64.5 cm³/mol. The Bertz CT molecular complexity index is 221. The van der Waals surface area contributed by atoms with E-state index in [1.54, 1.807) is 4.90 Å². The molecule has 0 aromatic carbocycles. The number of rotatable bonds is 3. The Kier molecular flexibility index (Phi) is 5.06. The van der Waals surface area contributed by atoms with Crippen LogP contribution in [0, 0.1) is 5.92 Å². The molecule has 1 rings (SSSR count). The number of amides is 1. The van der Waals surface area contributed by atoms with Gasteiger partial charge in [-0.3, -0.25) is 4.90 Å². The van der Waals surface area contributed by atoms with Crippen LogP contribution in [0.3, 0.4) is 0 Å². The first-order chi connectivity index (χ1) is 7.50. The number of piperazine rings is 1. The van der Waals surface area contributed by atoms with Crippen molar-refractivity contribution in [2.75, 3.05) is 32.8 Å². The highest BCUT2D eigenvalue weighted by molar-refractivity contribution is 5.67. The standard InChI is InChI=1S/C12H24N2O2/c1-10(2)9-16-12(15)14-7-5-13(6-8-14)11(3)4/h10-11H,5-9H2,1-4H3. The van der Waals surface area contributed by atoms with Crippen molar-refractivity contribution in [2.45, 2.75) is 33.7 Å². The molecule has 1 fully saturated rings. The largest absolute Gasteiger partial charge is 0.449 e. The zero-order chi connectivity index (χ0) is 12.1. The van der Waals surface area contributed by atoms with Crippen molar-refractivity contribution in [1.82, 2.24) is 9.80 Å². The van der Waals surface area contributed by atoms with Crippen molar-refractivity contribution < 1.29 is 9.53 Å². The lowest BCUT2D eigenvalue weighted by atomic mass is 10.2. The molecule has 1 aliphatic rings. The summed E-state index contributed by atoms with van der Waals surface area (Å²) in [6.07, 6.45) is -0.155.